The van der Waals surface area contributed by atoms with Crippen molar-refractivity contribution < 1.29 is 19.1 Å². The van der Waals surface area contributed by atoms with E-state index in [1.807, 2.05) is 35.2 Å². The van der Waals surface area contributed by atoms with Crippen molar-refractivity contribution >= 4 is 11.8 Å². The number of nitrogens with one attached hydrogen (secondary N) is 1. The van der Waals surface area contributed by atoms with Crippen molar-refractivity contribution in [2.75, 3.05) is 13.3 Å². The van der Waals surface area contributed by atoms with Crippen LogP contribution < -0.4 is 14.8 Å². The number of benzene rings is 1. The highest BCUT2D eigenvalue weighted by atomic mass is 16.7. The van der Waals surface area contributed by atoms with Gasteiger partial charge in [0.1, 0.15) is 0 Å². The highest BCUT2D eigenvalue weighted by molar-refractivity contribution is 5.83. The van der Waals surface area contributed by atoms with Gasteiger partial charge in [0.25, 0.3) is 0 Å². The largest absolute Gasteiger partial charge is 0.454 e. The number of ether oxygens (including phenoxy) is 2. The molecule has 2 aliphatic heterocycles. The molecule has 140 valence electrons. The number of rotatable bonds is 5. The predicted octanol–water partition coefficient (Wildman–Crippen LogP) is 1.87. The van der Waals surface area contributed by atoms with E-state index in [-0.39, 0.29) is 24.5 Å². The summed E-state index contributed by atoms with van der Waals surface area (Å²) in [7, 11) is 0. The number of piperidine rings is 1. The molecule has 0 aliphatic carbocycles. The van der Waals surface area contributed by atoms with Crippen LogP contribution in [0.1, 0.15) is 24.0 Å². The van der Waals surface area contributed by atoms with Gasteiger partial charge in [-0.25, -0.2) is 0 Å². The molecular formula is C20H21N3O4. The van der Waals surface area contributed by atoms with E-state index in [0.717, 1.165) is 16.9 Å². The molecule has 4 rings (SSSR count). The molecule has 7 nitrogen and oxygen atoms in total. The van der Waals surface area contributed by atoms with Gasteiger partial charge in [0.15, 0.2) is 11.5 Å². The van der Waals surface area contributed by atoms with E-state index < -0.39 is 0 Å². The summed E-state index contributed by atoms with van der Waals surface area (Å²) in [5, 5.41) is 2.79. The summed E-state index contributed by atoms with van der Waals surface area (Å²) in [6.07, 6.45) is 4.45. The Labute approximate surface area is 157 Å². The first kappa shape index (κ1) is 17.3. The van der Waals surface area contributed by atoms with E-state index in [9.17, 15) is 9.59 Å². The molecular weight excluding hydrogens is 346 g/mol. The molecule has 0 saturated carbocycles. The average molecular weight is 367 g/mol. The molecule has 7 heteroatoms. The SMILES string of the molecule is O=C1CC[C@H](C(=O)N(Cc2cccnc2)Cc2ccc3c(c2)OCO3)CN1. The Kier molecular flexibility index (Phi) is 4.91. The minimum atomic E-state index is -0.201. The van der Waals surface area contributed by atoms with Gasteiger partial charge in [0.2, 0.25) is 18.6 Å². The van der Waals surface area contributed by atoms with E-state index in [2.05, 4.69) is 10.3 Å². The first-order valence-corrected chi connectivity index (χ1v) is 9.02. The molecule has 2 aliphatic rings. The molecule has 1 N–H and O–H groups in total. The van der Waals surface area contributed by atoms with Gasteiger partial charge in [-0.3, -0.25) is 14.6 Å². The van der Waals surface area contributed by atoms with E-state index in [1.54, 1.807) is 12.4 Å². The van der Waals surface area contributed by atoms with Crippen LogP contribution in [-0.2, 0) is 22.7 Å². The second-order valence-electron chi connectivity index (χ2n) is 6.78. The van der Waals surface area contributed by atoms with Crippen LogP contribution in [0.15, 0.2) is 42.7 Å². The Morgan fingerprint density at radius 1 is 1.19 bits per heavy atom. The molecule has 1 aromatic heterocycles. The molecule has 1 aromatic carbocycles. The number of nitrogens with zero attached hydrogens (tertiary/aromatic N) is 2. The minimum absolute atomic E-state index is 0.00799. The number of carbonyl (C=O) groups is 2. The minimum Gasteiger partial charge on any atom is -0.454 e. The van der Waals surface area contributed by atoms with Crippen molar-refractivity contribution in [3.8, 4) is 11.5 Å². The third-order valence-electron chi connectivity index (χ3n) is 4.83. The fraction of sp³-hybridized carbons (Fsp3) is 0.350. The number of carbonyl (C=O) groups excluding carboxylic acids is 2. The lowest BCUT2D eigenvalue weighted by Gasteiger charge is -2.29. The van der Waals surface area contributed by atoms with Crippen molar-refractivity contribution in [3.63, 3.8) is 0 Å². The molecule has 0 bridgehead atoms. The maximum absolute atomic E-state index is 13.1. The second-order valence-corrected chi connectivity index (χ2v) is 6.78. The van der Waals surface area contributed by atoms with Crippen LogP contribution in [0.2, 0.25) is 0 Å². The van der Waals surface area contributed by atoms with E-state index in [1.165, 1.54) is 0 Å². The molecule has 0 unspecified atom stereocenters. The van der Waals surface area contributed by atoms with Crippen LogP contribution in [0.3, 0.4) is 0 Å². The number of fused-ring (bicyclic) bond motifs is 1. The number of aromatic nitrogens is 1. The molecule has 0 radical (unpaired) electrons. The Balaban J connectivity index is 1.53. The Hall–Kier alpha value is -3.09. The van der Waals surface area contributed by atoms with Gasteiger partial charge in [-0.2, -0.15) is 0 Å². The molecule has 2 amide bonds. The molecule has 27 heavy (non-hydrogen) atoms. The highest BCUT2D eigenvalue weighted by Crippen LogP contribution is 2.33. The quantitative estimate of drug-likeness (QED) is 0.873. The zero-order chi connectivity index (χ0) is 18.6. The number of hydrogen-bond donors (Lipinski definition) is 1. The van der Waals surface area contributed by atoms with Crippen molar-refractivity contribution in [2.45, 2.75) is 25.9 Å². The number of amides is 2. The summed E-state index contributed by atoms with van der Waals surface area (Å²) in [6, 6.07) is 9.54. The highest BCUT2D eigenvalue weighted by Gasteiger charge is 2.29. The Morgan fingerprint density at radius 2 is 2.04 bits per heavy atom. The van der Waals surface area contributed by atoms with Gasteiger partial charge in [-0.15, -0.1) is 0 Å². The van der Waals surface area contributed by atoms with Crippen LogP contribution in [0, 0.1) is 5.92 Å². The van der Waals surface area contributed by atoms with E-state index in [0.29, 0.717) is 38.2 Å². The van der Waals surface area contributed by atoms with Crippen LogP contribution in [-0.4, -0.2) is 35.0 Å². The van der Waals surface area contributed by atoms with Crippen LogP contribution in [0.4, 0.5) is 0 Å². The van der Waals surface area contributed by atoms with Crippen molar-refractivity contribution in [1.82, 2.24) is 15.2 Å². The van der Waals surface area contributed by atoms with Crippen LogP contribution >= 0.6 is 0 Å². The zero-order valence-electron chi connectivity index (χ0n) is 14.9. The lowest BCUT2D eigenvalue weighted by atomic mass is 9.97. The molecule has 3 heterocycles. The van der Waals surface area contributed by atoms with Gasteiger partial charge < -0.3 is 19.7 Å². The molecule has 1 atom stereocenters. The predicted molar refractivity (Wildman–Crippen MR) is 96.8 cm³/mol. The maximum Gasteiger partial charge on any atom is 0.231 e. The third-order valence-corrected chi connectivity index (χ3v) is 4.83. The van der Waals surface area contributed by atoms with Crippen LogP contribution in [0.25, 0.3) is 0 Å². The summed E-state index contributed by atoms with van der Waals surface area (Å²) >= 11 is 0. The zero-order valence-corrected chi connectivity index (χ0v) is 14.9. The molecule has 1 fully saturated rings. The average Bonchev–Trinajstić information content (AvgIpc) is 3.16. The standard InChI is InChI=1S/C20H21N3O4/c24-19-6-4-16(10-22-19)20(25)23(12-15-2-1-7-21-9-15)11-14-3-5-17-18(8-14)27-13-26-17/h1-3,5,7-9,16H,4,6,10-13H2,(H,22,24)/t16-/m0/s1. The van der Waals surface area contributed by atoms with Crippen molar-refractivity contribution in [1.29, 1.82) is 0 Å². The fourth-order valence-corrected chi connectivity index (χ4v) is 3.39. The van der Waals surface area contributed by atoms with Gasteiger partial charge in [-0.05, 0) is 35.7 Å². The number of hydrogen-bond acceptors (Lipinski definition) is 5. The van der Waals surface area contributed by atoms with Gasteiger partial charge in [-0.1, -0.05) is 12.1 Å². The van der Waals surface area contributed by atoms with Crippen molar-refractivity contribution in [3.05, 3.63) is 53.9 Å². The molecule has 0 spiro atoms. The van der Waals surface area contributed by atoms with Gasteiger partial charge >= 0.3 is 0 Å². The summed E-state index contributed by atoms with van der Waals surface area (Å²) < 4.78 is 10.8. The smallest absolute Gasteiger partial charge is 0.231 e. The molecule has 1 saturated heterocycles. The first-order valence-electron chi connectivity index (χ1n) is 9.02. The van der Waals surface area contributed by atoms with E-state index in [4.69, 9.17) is 9.47 Å². The van der Waals surface area contributed by atoms with Gasteiger partial charge in [0, 0.05) is 38.4 Å². The summed E-state index contributed by atoms with van der Waals surface area (Å²) in [4.78, 5) is 30.5. The second kappa shape index (κ2) is 7.65. The van der Waals surface area contributed by atoms with Gasteiger partial charge in [0.05, 0.1) is 5.92 Å². The third kappa shape index (κ3) is 4.02. The lowest BCUT2D eigenvalue weighted by molar-refractivity contribution is -0.138. The Morgan fingerprint density at radius 3 is 2.81 bits per heavy atom. The molecule has 2 aromatic rings. The first-order chi connectivity index (χ1) is 13.2. The normalized spacial score (nSPS) is 18.1. The maximum atomic E-state index is 13.1. The van der Waals surface area contributed by atoms with Crippen LogP contribution in [0.5, 0.6) is 11.5 Å². The fourth-order valence-electron chi connectivity index (χ4n) is 3.39. The summed E-state index contributed by atoms with van der Waals surface area (Å²) in [5.41, 5.74) is 1.93. The monoisotopic (exact) mass is 367 g/mol. The topological polar surface area (TPSA) is 80.8 Å². The van der Waals surface area contributed by atoms with Crippen molar-refractivity contribution in [2.24, 2.45) is 5.92 Å². The Bertz CT molecular complexity index is 830. The number of pyridine rings is 1. The summed E-state index contributed by atoms with van der Waals surface area (Å²) in [6.45, 7) is 1.53. The summed E-state index contributed by atoms with van der Waals surface area (Å²) in [5.74, 6) is 1.27. The van der Waals surface area contributed by atoms with E-state index >= 15 is 0 Å². The lowest BCUT2D eigenvalue weighted by Crippen LogP contribution is -2.44.